The maximum atomic E-state index is 12.7. The van der Waals surface area contributed by atoms with E-state index in [0.29, 0.717) is 19.0 Å². The largest absolute Gasteiger partial charge is 0.332 e. The Morgan fingerprint density at radius 2 is 1.86 bits per heavy atom. The molecule has 0 unspecified atom stereocenters. The minimum absolute atomic E-state index is 0.220. The quantitative estimate of drug-likeness (QED) is 0.636. The second kappa shape index (κ2) is 6.83. The lowest BCUT2D eigenvalue weighted by molar-refractivity contribution is 0.306. The standard InChI is InChI=1S/C21H22N4O2S/c1-14-4-6-15(7-5-14)9-25-21(27)20(26)24-11-16-10-23(12-17-3-2-8-28-17)13-18(16)19(24)22-25/h2-8,16,18H,9-13H2,1H3/t16-,18+/m0/s1. The Balaban J connectivity index is 1.43. The Labute approximate surface area is 166 Å². The highest BCUT2D eigenvalue weighted by Crippen LogP contribution is 2.37. The molecular weight excluding hydrogens is 372 g/mol. The van der Waals surface area contributed by atoms with Crippen LogP contribution in [0.1, 0.15) is 27.7 Å². The molecule has 0 aliphatic carbocycles. The van der Waals surface area contributed by atoms with Crippen molar-refractivity contribution in [2.24, 2.45) is 5.92 Å². The third-order valence-electron chi connectivity index (χ3n) is 5.84. The second-order valence-electron chi connectivity index (χ2n) is 7.86. The van der Waals surface area contributed by atoms with Crippen molar-refractivity contribution in [3.8, 4) is 0 Å². The van der Waals surface area contributed by atoms with E-state index < -0.39 is 11.1 Å². The second-order valence-corrected chi connectivity index (χ2v) is 8.89. The van der Waals surface area contributed by atoms with Gasteiger partial charge in [-0.2, -0.15) is 5.10 Å². The fourth-order valence-corrected chi connectivity index (χ4v) is 5.15. The summed E-state index contributed by atoms with van der Waals surface area (Å²) in [4.78, 5) is 29.0. The molecule has 7 heteroatoms. The van der Waals surface area contributed by atoms with Crippen molar-refractivity contribution in [1.29, 1.82) is 0 Å². The summed E-state index contributed by atoms with van der Waals surface area (Å²) in [5, 5.41) is 6.75. The van der Waals surface area contributed by atoms with E-state index in [1.807, 2.05) is 31.2 Å². The fourth-order valence-electron chi connectivity index (χ4n) is 4.40. The van der Waals surface area contributed by atoms with Crippen LogP contribution in [0.2, 0.25) is 0 Å². The third-order valence-corrected chi connectivity index (χ3v) is 6.70. The zero-order valence-corrected chi connectivity index (χ0v) is 16.6. The van der Waals surface area contributed by atoms with Crippen molar-refractivity contribution in [1.82, 2.24) is 19.2 Å². The van der Waals surface area contributed by atoms with Gasteiger partial charge in [-0.15, -0.1) is 11.3 Å². The van der Waals surface area contributed by atoms with E-state index in [9.17, 15) is 9.59 Å². The van der Waals surface area contributed by atoms with Crippen molar-refractivity contribution in [2.75, 3.05) is 13.1 Å². The Kier molecular flexibility index (Phi) is 4.29. The van der Waals surface area contributed by atoms with E-state index in [2.05, 4.69) is 27.5 Å². The van der Waals surface area contributed by atoms with Crippen LogP contribution in [-0.4, -0.2) is 32.3 Å². The summed E-state index contributed by atoms with van der Waals surface area (Å²) in [6.07, 6.45) is 0. The number of thiophene rings is 1. The van der Waals surface area contributed by atoms with Crippen LogP contribution in [-0.2, 0) is 19.6 Å². The van der Waals surface area contributed by atoms with Crippen molar-refractivity contribution < 1.29 is 0 Å². The van der Waals surface area contributed by atoms with Gasteiger partial charge in [0.2, 0.25) is 0 Å². The predicted molar refractivity (Wildman–Crippen MR) is 109 cm³/mol. The Hall–Kier alpha value is -2.51. The summed E-state index contributed by atoms with van der Waals surface area (Å²) in [7, 11) is 0. The predicted octanol–water partition coefficient (Wildman–Crippen LogP) is 2.05. The van der Waals surface area contributed by atoms with Gasteiger partial charge in [-0.1, -0.05) is 35.9 Å². The van der Waals surface area contributed by atoms with Crippen LogP contribution in [0.3, 0.4) is 0 Å². The number of aryl methyl sites for hydroxylation is 1. The molecule has 0 spiro atoms. The van der Waals surface area contributed by atoms with Crippen molar-refractivity contribution >= 4 is 11.3 Å². The lowest BCUT2D eigenvalue weighted by Crippen LogP contribution is -2.44. The first-order valence-electron chi connectivity index (χ1n) is 9.60. The molecule has 0 radical (unpaired) electrons. The number of benzene rings is 1. The van der Waals surface area contributed by atoms with E-state index in [4.69, 9.17) is 0 Å². The highest BCUT2D eigenvalue weighted by Gasteiger charge is 2.42. The molecular formula is C21H22N4O2S. The molecule has 1 aromatic carbocycles. The Bertz CT molecular complexity index is 1110. The molecule has 3 aromatic rings. The summed E-state index contributed by atoms with van der Waals surface area (Å²) in [5.74, 6) is 1.35. The maximum Gasteiger partial charge on any atom is 0.332 e. The van der Waals surface area contributed by atoms with Crippen LogP contribution in [0.15, 0.2) is 51.4 Å². The molecule has 144 valence electrons. The van der Waals surface area contributed by atoms with Crippen LogP contribution < -0.4 is 11.1 Å². The number of nitrogens with zero attached hydrogens (tertiary/aromatic N) is 4. The van der Waals surface area contributed by atoms with Gasteiger partial charge < -0.3 is 0 Å². The van der Waals surface area contributed by atoms with Gasteiger partial charge in [-0.05, 0) is 23.9 Å². The summed E-state index contributed by atoms with van der Waals surface area (Å²) >= 11 is 1.77. The molecule has 5 rings (SSSR count). The maximum absolute atomic E-state index is 12.7. The van der Waals surface area contributed by atoms with Gasteiger partial charge in [0.15, 0.2) is 0 Å². The van der Waals surface area contributed by atoms with E-state index >= 15 is 0 Å². The van der Waals surface area contributed by atoms with Crippen molar-refractivity contribution in [2.45, 2.75) is 32.5 Å². The van der Waals surface area contributed by atoms with E-state index in [-0.39, 0.29) is 5.92 Å². The zero-order valence-electron chi connectivity index (χ0n) is 15.7. The molecule has 0 bridgehead atoms. The number of hydrogen-bond acceptors (Lipinski definition) is 5. The summed E-state index contributed by atoms with van der Waals surface area (Å²) < 4.78 is 2.97. The van der Waals surface area contributed by atoms with Gasteiger partial charge in [-0.25, -0.2) is 4.68 Å². The van der Waals surface area contributed by atoms with Gasteiger partial charge in [-0.3, -0.25) is 19.1 Å². The molecule has 2 aromatic heterocycles. The zero-order chi connectivity index (χ0) is 19.3. The van der Waals surface area contributed by atoms with Crippen molar-refractivity contribution in [3.63, 3.8) is 0 Å². The van der Waals surface area contributed by atoms with Gasteiger partial charge in [0.1, 0.15) is 5.82 Å². The number of aromatic nitrogens is 3. The SMILES string of the molecule is Cc1ccc(Cn2nc3n(c(=O)c2=O)C[C@@H]2CN(Cc4cccs4)C[C@@H]32)cc1. The lowest BCUT2D eigenvalue weighted by Gasteiger charge is -2.17. The number of rotatable bonds is 4. The van der Waals surface area contributed by atoms with Gasteiger partial charge in [0.05, 0.1) is 6.54 Å². The molecule has 4 heterocycles. The van der Waals surface area contributed by atoms with Crippen LogP contribution in [0.4, 0.5) is 0 Å². The molecule has 1 saturated heterocycles. The first-order chi connectivity index (χ1) is 13.6. The number of fused-ring (bicyclic) bond motifs is 3. The molecule has 1 fully saturated rings. The molecule has 2 aliphatic rings. The average molecular weight is 395 g/mol. The topological polar surface area (TPSA) is 60.1 Å². The first-order valence-corrected chi connectivity index (χ1v) is 10.5. The van der Waals surface area contributed by atoms with E-state index in [1.54, 1.807) is 15.9 Å². The Morgan fingerprint density at radius 1 is 1.04 bits per heavy atom. The first kappa shape index (κ1) is 17.6. The normalized spacial score (nSPS) is 21.0. The highest BCUT2D eigenvalue weighted by atomic mass is 32.1. The van der Waals surface area contributed by atoms with Crippen LogP contribution in [0.5, 0.6) is 0 Å². The molecule has 2 atom stereocenters. The van der Waals surface area contributed by atoms with Gasteiger partial charge >= 0.3 is 11.1 Å². The number of likely N-dealkylation sites (tertiary alicyclic amines) is 1. The van der Waals surface area contributed by atoms with Crippen LogP contribution in [0, 0.1) is 12.8 Å². The third kappa shape index (κ3) is 3.04. The van der Waals surface area contributed by atoms with E-state index in [1.165, 1.54) is 9.56 Å². The molecule has 6 nitrogen and oxygen atoms in total. The molecule has 28 heavy (non-hydrogen) atoms. The van der Waals surface area contributed by atoms with Crippen LogP contribution in [0.25, 0.3) is 0 Å². The van der Waals surface area contributed by atoms with Crippen LogP contribution >= 0.6 is 11.3 Å². The lowest BCUT2D eigenvalue weighted by atomic mass is 10.00. The minimum Gasteiger partial charge on any atom is -0.297 e. The van der Waals surface area contributed by atoms with Crippen molar-refractivity contribution in [3.05, 3.63) is 84.3 Å². The summed E-state index contributed by atoms with van der Waals surface area (Å²) in [6, 6.07) is 12.2. The van der Waals surface area contributed by atoms with E-state index in [0.717, 1.165) is 36.6 Å². The minimum atomic E-state index is -0.528. The van der Waals surface area contributed by atoms with Gasteiger partial charge in [0.25, 0.3) is 0 Å². The summed E-state index contributed by atoms with van der Waals surface area (Å²) in [6.45, 7) is 5.73. The summed E-state index contributed by atoms with van der Waals surface area (Å²) in [5.41, 5.74) is 1.18. The fraction of sp³-hybridized carbons (Fsp3) is 0.381. The molecule has 0 N–H and O–H groups in total. The monoisotopic (exact) mass is 394 g/mol. The van der Waals surface area contributed by atoms with Gasteiger partial charge in [0, 0.05) is 42.9 Å². The molecule has 0 saturated carbocycles. The average Bonchev–Trinajstić information content (AvgIpc) is 3.39. The molecule has 2 aliphatic heterocycles. The highest BCUT2D eigenvalue weighted by molar-refractivity contribution is 7.09. The molecule has 0 amide bonds. The Morgan fingerprint density at radius 3 is 2.61 bits per heavy atom. The number of hydrogen-bond donors (Lipinski definition) is 0. The smallest absolute Gasteiger partial charge is 0.297 e.